The summed E-state index contributed by atoms with van der Waals surface area (Å²) in [5.74, 6) is 0.145. The molecule has 1 spiro atoms. The lowest BCUT2D eigenvalue weighted by atomic mass is 9.48. The van der Waals surface area contributed by atoms with Crippen LogP contribution in [0.5, 0.6) is 5.75 Å². The molecule has 3 atom stereocenters. The number of thiazole rings is 1. The van der Waals surface area contributed by atoms with E-state index in [1.165, 1.54) is 4.90 Å². The van der Waals surface area contributed by atoms with Gasteiger partial charge in [-0.05, 0) is 91.5 Å². The number of carbonyl (C=O) groups is 3. The number of phenolic OH excluding ortho intramolecular Hbond substituents is 1. The molecular formula is C49H60N10O5S. The number of rotatable bonds is 12. The summed E-state index contributed by atoms with van der Waals surface area (Å²) in [4.78, 5) is 51.0. The van der Waals surface area contributed by atoms with Gasteiger partial charge in [-0.2, -0.15) is 5.10 Å². The van der Waals surface area contributed by atoms with Gasteiger partial charge in [0.05, 0.1) is 40.1 Å². The number of phenols is 1. The Morgan fingerprint density at radius 2 is 1.71 bits per heavy atom. The Balaban J connectivity index is 0.726. The number of aromatic hydroxyl groups is 1. The number of anilines is 1. The van der Waals surface area contributed by atoms with Crippen molar-refractivity contribution in [1.29, 1.82) is 0 Å². The number of hydrogen-bond donors (Lipinski definition) is 5. The van der Waals surface area contributed by atoms with Crippen LogP contribution in [0.4, 0.5) is 5.82 Å². The molecule has 0 bridgehead atoms. The number of piperidine rings is 1. The van der Waals surface area contributed by atoms with Crippen LogP contribution in [0, 0.1) is 29.6 Å². The molecule has 342 valence electrons. The number of para-hydroxylation sites is 1. The second-order valence-electron chi connectivity index (χ2n) is 20.1. The number of benzene rings is 2. The van der Waals surface area contributed by atoms with Crippen LogP contribution in [0.3, 0.4) is 0 Å². The Bertz CT molecular complexity index is 2530. The Hall–Kier alpha value is -5.71. The molecule has 9 rings (SSSR count). The lowest BCUT2D eigenvalue weighted by molar-refractivity contribution is -0.149. The number of aryl methyl sites for hydroxylation is 1. The van der Waals surface area contributed by atoms with Gasteiger partial charge in [-0.1, -0.05) is 57.2 Å². The molecule has 4 aliphatic rings. The molecule has 65 heavy (non-hydrogen) atoms. The van der Waals surface area contributed by atoms with Crippen LogP contribution in [0.15, 0.2) is 72.5 Å². The van der Waals surface area contributed by atoms with Crippen molar-refractivity contribution in [3.63, 3.8) is 0 Å². The number of likely N-dealkylation sites (tertiary alicyclic amines) is 2. The molecule has 2 saturated carbocycles. The third-order valence-electron chi connectivity index (χ3n) is 14.2. The molecule has 0 unspecified atom stereocenters. The number of aliphatic hydroxyl groups is 1. The normalized spacial score (nSPS) is 24.0. The third-order valence-corrected chi connectivity index (χ3v) is 15.2. The number of carbonyl (C=O) groups excluding carboxylic acids is 3. The highest BCUT2D eigenvalue weighted by molar-refractivity contribution is 7.13. The van der Waals surface area contributed by atoms with Crippen molar-refractivity contribution in [3.05, 3.63) is 83.8 Å². The molecule has 3 amide bonds. The lowest BCUT2D eigenvalue weighted by Gasteiger charge is -2.58. The van der Waals surface area contributed by atoms with Crippen molar-refractivity contribution in [1.82, 2.24) is 45.4 Å². The number of nitrogen functional groups attached to an aromatic ring is 1. The van der Waals surface area contributed by atoms with E-state index < -0.39 is 23.6 Å². The highest BCUT2D eigenvalue weighted by Gasteiger charge is 2.55. The standard InChI is InChI=1S/C49H60N10O5S/c1-29-42(65-28-52-29)32-11-9-30(10-12-32)23-51-46(63)40-17-36(60)27-58(40)47(64)43(48(2,3)4)54-45(62)33-21-49(22-33)19-31(20-49)25-57-15-13-35(14-16-57)59-26-34(24-53-59)38-18-39(55-56-44(38)50)37-7-5-6-8-41(37)61/h5-12,18,24,26,28,31,33,35-36,40,43,60-61H,13-17,19-23,25,27H2,1-4H3,(H2,50,56)(H,51,63)(H,54,62)/t31-,33-,36-,40+,43-,49?/m1/s1. The van der Waals surface area contributed by atoms with E-state index in [1.54, 1.807) is 29.5 Å². The van der Waals surface area contributed by atoms with E-state index in [1.807, 2.05) is 86.7 Å². The summed E-state index contributed by atoms with van der Waals surface area (Å²) >= 11 is 1.59. The number of aromatic nitrogens is 5. The monoisotopic (exact) mass is 900 g/mol. The first kappa shape index (κ1) is 44.5. The van der Waals surface area contributed by atoms with E-state index in [2.05, 4.69) is 30.7 Å². The van der Waals surface area contributed by atoms with Crippen LogP contribution in [0.1, 0.15) is 83.0 Å². The average Bonchev–Trinajstić information content (AvgIpc) is 4.03. The van der Waals surface area contributed by atoms with Crippen molar-refractivity contribution in [2.24, 2.45) is 22.7 Å². The minimum atomic E-state index is -0.839. The number of β-amino-alcohol motifs (C(OH)–C–C–N with tert-alkyl or cyclic N) is 1. The van der Waals surface area contributed by atoms with Crippen LogP contribution in [0.2, 0.25) is 0 Å². The molecular weight excluding hydrogens is 841 g/mol. The molecule has 5 aromatic rings. The van der Waals surface area contributed by atoms with E-state index in [-0.39, 0.29) is 53.8 Å². The lowest BCUT2D eigenvalue weighted by Crippen LogP contribution is -2.60. The topological polar surface area (TPSA) is 205 Å². The summed E-state index contributed by atoms with van der Waals surface area (Å²) in [6, 6.07) is 15.5. The maximum atomic E-state index is 14.2. The summed E-state index contributed by atoms with van der Waals surface area (Å²) in [6.45, 7) is 11.1. The molecule has 0 radical (unpaired) electrons. The highest BCUT2D eigenvalue weighted by atomic mass is 32.1. The summed E-state index contributed by atoms with van der Waals surface area (Å²) in [5.41, 5.74) is 13.4. The van der Waals surface area contributed by atoms with Gasteiger partial charge >= 0.3 is 0 Å². The highest BCUT2D eigenvalue weighted by Crippen LogP contribution is 2.61. The fourth-order valence-corrected chi connectivity index (χ4v) is 11.5. The molecule has 2 saturated heterocycles. The number of nitrogens with one attached hydrogen (secondary N) is 2. The van der Waals surface area contributed by atoms with Gasteiger partial charge in [-0.3, -0.25) is 19.1 Å². The van der Waals surface area contributed by atoms with Gasteiger partial charge in [0.2, 0.25) is 17.7 Å². The van der Waals surface area contributed by atoms with Gasteiger partial charge in [0.1, 0.15) is 17.8 Å². The molecule has 16 heteroatoms. The Labute approximate surface area is 383 Å². The van der Waals surface area contributed by atoms with Crippen LogP contribution in [0.25, 0.3) is 32.8 Å². The zero-order valence-corrected chi connectivity index (χ0v) is 38.4. The molecule has 3 aromatic heterocycles. The smallest absolute Gasteiger partial charge is 0.246 e. The fourth-order valence-electron chi connectivity index (χ4n) is 10.7. The fraction of sp³-hybridized carbons (Fsp3) is 0.490. The van der Waals surface area contributed by atoms with Crippen LogP contribution >= 0.6 is 11.3 Å². The number of aliphatic hydroxyl groups excluding tert-OH is 1. The number of hydrogen-bond acceptors (Lipinski definition) is 12. The largest absolute Gasteiger partial charge is 0.507 e. The van der Waals surface area contributed by atoms with Crippen LogP contribution < -0.4 is 16.4 Å². The molecule has 5 heterocycles. The van der Waals surface area contributed by atoms with Gasteiger partial charge in [0.25, 0.3) is 0 Å². The zero-order valence-electron chi connectivity index (χ0n) is 37.6. The zero-order chi connectivity index (χ0) is 45.6. The second-order valence-corrected chi connectivity index (χ2v) is 20.9. The summed E-state index contributed by atoms with van der Waals surface area (Å²) in [6.07, 6.45) is 9.04. The molecule has 2 aliphatic heterocycles. The van der Waals surface area contributed by atoms with Gasteiger partial charge < -0.3 is 36.4 Å². The summed E-state index contributed by atoms with van der Waals surface area (Å²) in [7, 11) is 0. The van der Waals surface area contributed by atoms with E-state index in [0.717, 1.165) is 91.0 Å². The third kappa shape index (κ3) is 9.38. The molecule has 6 N–H and O–H groups in total. The molecule has 2 aromatic carbocycles. The van der Waals surface area contributed by atoms with Gasteiger partial charge in [0.15, 0.2) is 5.82 Å². The minimum Gasteiger partial charge on any atom is -0.507 e. The first-order valence-electron chi connectivity index (χ1n) is 22.9. The van der Waals surface area contributed by atoms with Crippen LogP contribution in [-0.4, -0.2) is 107 Å². The van der Waals surface area contributed by atoms with Crippen molar-refractivity contribution in [3.8, 4) is 38.6 Å². The maximum Gasteiger partial charge on any atom is 0.246 e. The summed E-state index contributed by atoms with van der Waals surface area (Å²) in [5, 5.41) is 40.2. The Morgan fingerprint density at radius 3 is 2.40 bits per heavy atom. The van der Waals surface area contributed by atoms with E-state index in [9.17, 15) is 24.6 Å². The Kier molecular flexibility index (Phi) is 12.3. The molecule has 15 nitrogen and oxygen atoms in total. The van der Waals surface area contributed by atoms with Crippen molar-refractivity contribution in [2.45, 2.75) is 103 Å². The number of nitrogens with zero attached hydrogens (tertiary/aromatic N) is 7. The Morgan fingerprint density at radius 1 is 0.969 bits per heavy atom. The van der Waals surface area contributed by atoms with E-state index >= 15 is 0 Å². The first-order valence-corrected chi connectivity index (χ1v) is 23.8. The van der Waals surface area contributed by atoms with Crippen molar-refractivity contribution < 1.29 is 24.6 Å². The predicted octanol–water partition coefficient (Wildman–Crippen LogP) is 5.98. The average molecular weight is 901 g/mol. The quantitative estimate of drug-likeness (QED) is 0.0986. The van der Waals surface area contributed by atoms with Gasteiger partial charge in [-0.15, -0.1) is 21.5 Å². The number of nitrogens with two attached hydrogens (primary N) is 1. The SMILES string of the molecule is Cc1ncsc1-c1ccc(CNC(=O)[C@@H]2C[C@@H](O)CN2C(=O)[C@@H](NC(=O)[C@H]2CC3(C[C@@H](CN4CCC(n5cc(-c6cc(-c7ccccc7O)nnc6N)cn5)CC4)C3)C2)C(C)(C)C)cc1. The maximum absolute atomic E-state index is 14.2. The predicted molar refractivity (Wildman–Crippen MR) is 249 cm³/mol. The van der Waals surface area contributed by atoms with Crippen molar-refractivity contribution >= 4 is 34.9 Å². The van der Waals surface area contributed by atoms with Crippen molar-refractivity contribution in [2.75, 3.05) is 31.9 Å². The first-order chi connectivity index (χ1) is 31.1. The summed E-state index contributed by atoms with van der Waals surface area (Å²) < 4.78 is 2.04. The molecule has 2 aliphatic carbocycles. The van der Waals surface area contributed by atoms with Crippen LogP contribution in [-0.2, 0) is 20.9 Å². The van der Waals surface area contributed by atoms with E-state index in [0.29, 0.717) is 29.5 Å². The van der Waals surface area contributed by atoms with E-state index in [4.69, 9.17) is 10.8 Å². The van der Waals surface area contributed by atoms with Gasteiger partial charge in [-0.25, -0.2) is 4.98 Å². The molecule has 4 fully saturated rings. The van der Waals surface area contributed by atoms with Gasteiger partial charge in [0, 0.05) is 67.9 Å². The second kappa shape index (κ2) is 17.9. The minimum absolute atomic E-state index is 0.0431. The number of amides is 3.